The van der Waals surface area contributed by atoms with Crippen molar-refractivity contribution in [3.63, 3.8) is 0 Å². The Morgan fingerprint density at radius 1 is 1.00 bits per heavy atom. The lowest BCUT2D eigenvalue weighted by molar-refractivity contribution is -0.139. The van der Waals surface area contributed by atoms with Gasteiger partial charge < -0.3 is 19.4 Å². The number of hydrogen-bond acceptors (Lipinski definition) is 7. The zero-order valence-electron chi connectivity index (χ0n) is 23.3. The van der Waals surface area contributed by atoms with Crippen molar-refractivity contribution >= 4 is 40.4 Å². The number of thioether (sulfide) groups is 1. The number of aryl methyl sites for hydroxylation is 2. The van der Waals surface area contributed by atoms with E-state index < -0.39 is 12.0 Å². The average Bonchev–Trinajstić information content (AvgIpc) is 3.36. The van der Waals surface area contributed by atoms with Gasteiger partial charge >= 0.3 is 5.97 Å². The predicted octanol–water partition coefficient (Wildman–Crippen LogP) is 4.66. The molecule has 1 saturated heterocycles. The summed E-state index contributed by atoms with van der Waals surface area (Å²) in [6, 6.07) is 15.4. The first-order valence-electron chi connectivity index (χ1n) is 13.6. The maximum absolute atomic E-state index is 13.7. The minimum atomic E-state index is -0.509. The van der Waals surface area contributed by atoms with Gasteiger partial charge in [-0.25, -0.2) is 9.79 Å². The molecule has 0 aliphatic carbocycles. The van der Waals surface area contributed by atoms with Crippen LogP contribution in [0.2, 0.25) is 0 Å². The van der Waals surface area contributed by atoms with Crippen LogP contribution in [0.4, 0.5) is 0 Å². The maximum atomic E-state index is 13.7. The van der Waals surface area contributed by atoms with Crippen LogP contribution in [0.3, 0.4) is 0 Å². The van der Waals surface area contributed by atoms with Crippen LogP contribution in [0.1, 0.15) is 48.6 Å². The molecule has 2 aromatic rings. The number of piperazine rings is 1. The van der Waals surface area contributed by atoms with E-state index in [-0.39, 0.29) is 24.8 Å². The van der Waals surface area contributed by atoms with Gasteiger partial charge in [0.2, 0.25) is 11.8 Å². The molecule has 208 valence electrons. The largest absolute Gasteiger partial charge is 0.463 e. The van der Waals surface area contributed by atoms with Crippen molar-refractivity contribution in [3.05, 3.63) is 87.5 Å². The fourth-order valence-electron chi connectivity index (χ4n) is 5.37. The van der Waals surface area contributed by atoms with E-state index in [4.69, 9.17) is 9.73 Å². The van der Waals surface area contributed by atoms with E-state index in [9.17, 15) is 14.4 Å². The first kappa shape index (κ1) is 27.7. The lowest BCUT2D eigenvalue weighted by Crippen LogP contribution is -2.50. The van der Waals surface area contributed by atoms with Crippen LogP contribution in [0.5, 0.6) is 0 Å². The molecule has 0 aromatic heterocycles. The van der Waals surface area contributed by atoms with Gasteiger partial charge in [-0.15, -0.1) is 0 Å². The molecule has 9 heteroatoms. The predicted molar refractivity (Wildman–Crippen MR) is 157 cm³/mol. The highest BCUT2D eigenvalue weighted by Gasteiger charge is 2.43. The van der Waals surface area contributed by atoms with Crippen LogP contribution in [0, 0.1) is 13.8 Å². The molecule has 0 spiro atoms. The Labute approximate surface area is 239 Å². The smallest absolute Gasteiger partial charge is 0.338 e. The summed E-state index contributed by atoms with van der Waals surface area (Å²) in [6.07, 6.45) is 0.171. The Morgan fingerprint density at radius 3 is 2.38 bits per heavy atom. The van der Waals surface area contributed by atoms with E-state index in [1.165, 1.54) is 11.8 Å². The fraction of sp³-hybridized carbons (Fsp3) is 0.355. The SMILES string of the molecule is CCOC(=O)C1=C(c2ccccc2)N=C2SC=C(CC(=O)N3CCN(C(C)=O)CC3)N2[C@@H]1c1cc(C)ccc1C. The molecule has 5 rings (SSSR count). The van der Waals surface area contributed by atoms with Crippen molar-refractivity contribution in [1.29, 1.82) is 0 Å². The van der Waals surface area contributed by atoms with Gasteiger partial charge in [-0.05, 0) is 37.3 Å². The summed E-state index contributed by atoms with van der Waals surface area (Å²) in [5.74, 6) is -0.399. The van der Waals surface area contributed by atoms with Gasteiger partial charge in [-0.1, -0.05) is 65.9 Å². The van der Waals surface area contributed by atoms with E-state index >= 15 is 0 Å². The number of ether oxygens (including phenoxy) is 1. The van der Waals surface area contributed by atoms with E-state index in [0.717, 1.165) is 33.1 Å². The zero-order valence-corrected chi connectivity index (χ0v) is 24.2. The van der Waals surface area contributed by atoms with Gasteiger partial charge in [-0.2, -0.15) is 0 Å². The number of esters is 1. The quantitative estimate of drug-likeness (QED) is 0.480. The molecule has 0 unspecified atom stereocenters. The minimum Gasteiger partial charge on any atom is -0.463 e. The van der Waals surface area contributed by atoms with Crippen molar-refractivity contribution in [3.8, 4) is 0 Å². The molecular weight excluding hydrogens is 524 g/mol. The Kier molecular flexibility index (Phi) is 8.12. The molecule has 8 nitrogen and oxygen atoms in total. The van der Waals surface area contributed by atoms with E-state index in [1.807, 2.05) is 59.4 Å². The van der Waals surface area contributed by atoms with Gasteiger partial charge in [0.1, 0.15) is 0 Å². The Hall–Kier alpha value is -3.85. The second kappa shape index (κ2) is 11.7. The fourth-order valence-corrected chi connectivity index (χ4v) is 6.29. The monoisotopic (exact) mass is 558 g/mol. The molecule has 40 heavy (non-hydrogen) atoms. The van der Waals surface area contributed by atoms with Gasteiger partial charge in [-0.3, -0.25) is 9.59 Å². The summed E-state index contributed by atoms with van der Waals surface area (Å²) in [7, 11) is 0. The van der Waals surface area contributed by atoms with Crippen LogP contribution in [0.15, 0.2) is 70.2 Å². The van der Waals surface area contributed by atoms with Crippen molar-refractivity contribution in [2.24, 2.45) is 4.99 Å². The van der Waals surface area contributed by atoms with Crippen molar-refractivity contribution < 1.29 is 19.1 Å². The lowest BCUT2D eigenvalue weighted by Gasteiger charge is -2.38. The number of rotatable bonds is 6. The lowest BCUT2D eigenvalue weighted by atomic mass is 9.88. The average molecular weight is 559 g/mol. The molecule has 0 N–H and O–H groups in total. The first-order valence-corrected chi connectivity index (χ1v) is 14.5. The summed E-state index contributed by atoms with van der Waals surface area (Å²) in [5.41, 5.74) is 5.76. The molecular formula is C31H34N4O4S. The van der Waals surface area contributed by atoms with E-state index in [0.29, 0.717) is 37.4 Å². The van der Waals surface area contributed by atoms with Crippen LogP contribution >= 0.6 is 11.8 Å². The van der Waals surface area contributed by atoms with Gasteiger partial charge in [0, 0.05) is 44.4 Å². The number of amides is 2. The number of benzene rings is 2. The van der Waals surface area contributed by atoms with Crippen LogP contribution in [-0.2, 0) is 19.1 Å². The summed E-state index contributed by atoms with van der Waals surface area (Å²) in [4.78, 5) is 49.5. The van der Waals surface area contributed by atoms with Crippen LogP contribution in [-0.4, -0.2) is 70.4 Å². The number of carbonyl (C=O) groups excluding carboxylic acids is 3. The summed E-state index contributed by atoms with van der Waals surface area (Å²) in [5, 5.41) is 2.69. The molecule has 0 bridgehead atoms. The van der Waals surface area contributed by atoms with Gasteiger partial charge in [0.15, 0.2) is 5.17 Å². The zero-order chi connectivity index (χ0) is 28.4. The topological polar surface area (TPSA) is 82.5 Å². The standard InChI is InChI=1S/C31H34N4O4S/c1-5-39-30(38)27-28(23-9-7-6-8-10-23)32-31-35(29(27)25-17-20(2)11-12-21(25)3)24(19-40-31)18-26(37)34-15-13-33(14-16-34)22(4)36/h6-12,17,19,29H,5,13-16,18H2,1-4H3/t29-/m1/s1. The van der Waals surface area contributed by atoms with Crippen molar-refractivity contribution in [2.45, 2.75) is 40.2 Å². The highest BCUT2D eigenvalue weighted by Crippen LogP contribution is 2.47. The highest BCUT2D eigenvalue weighted by molar-refractivity contribution is 8.16. The molecule has 3 aliphatic rings. The third-order valence-electron chi connectivity index (χ3n) is 7.49. The van der Waals surface area contributed by atoms with E-state index in [1.54, 1.807) is 18.7 Å². The molecule has 2 amide bonds. The summed E-state index contributed by atoms with van der Waals surface area (Å²) >= 11 is 1.47. The number of nitrogens with zero attached hydrogens (tertiary/aromatic N) is 4. The van der Waals surface area contributed by atoms with E-state index in [2.05, 4.69) is 18.2 Å². The second-order valence-electron chi connectivity index (χ2n) is 10.2. The second-order valence-corrected chi connectivity index (χ2v) is 11.0. The first-order chi connectivity index (χ1) is 19.3. The molecule has 0 radical (unpaired) electrons. The number of amidine groups is 1. The highest BCUT2D eigenvalue weighted by atomic mass is 32.2. The Morgan fingerprint density at radius 2 is 1.70 bits per heavy atom. The maximum Gasteiger partial charge on any atom is 0.338 e. The summed E-state index contributed by atoms with van der Waals surface area (Å²) in [6.45, 7) is 9.75. The normalized spacial score (nSPS) is 18.8. The minimum absolute atomic E-state index is 0.00784. The third-order valence-corrected chi connectivity index (χ3v) is 8.38. The van der Waals surface area contributed by atoms with Crippen molar-refractivity contribution in [2.75, 3.05) is 32.8 Å². The van der Waals surface area contributed by atoms with Crippen LogP contribution < -0.4 is 0 Å². The number of carbonyl (C=O) groups is 3. The molecule has 2 aromatic carbocycles. The molecule has 1 fully saturated rings. The number of fused-ring (bicyclic) bond motifs is 1. The van der Waals surface area contributed by atoms with Crippen molar-refractivity contribution in [1.82, 2.24) is 14.7 Å². The van der Waals surface area contributed by atoms with Gasteiger partial charge in [0.25, 0.3) is 0 Å². The molecule has 0 saturated carbocycles. The third kappa shape index (κ3) is 5.43. The number of hydrogen-bond donors (Lipinski definition) is 0. The Bertz CT molecular complexity index is 1420. The van der Waals surface area contributed by atoms with Gasteiger partial charge in [0.05, 0.1) is 30.3 Å². The Balaban J connectivity index is 1.56. The molecule has 3 aliphatic heterocycles. The molecule has 1 atom stereocenters. The van der Waals surface area contributed by atoms with Crippen LogP contribution in [0.25, 0.3) is 5.70 Å². The summed E-state index contributed by atoms with van der Waals surface area (Å²) < 4.78 is 5.62. The molecule has 3 heterocycles. The number of aliphatic imine (C=N–C) groups is 1.